The number of unbranched alkanes of at least 4 members (excludes halogenated alkanes) is 3. The number of allylic oxidation sites excluding steroid dienone is 3. The lowest BCUT2D eigenvalue weighted by Crippen LogP contribution is -1.85. The second kappa shape index (κ2) is 8.10. The first kappa shape index (κ1) is 12.5. The maximum Gasteiger partial charge on any atom is -0.0114 e. The number of rotatable bonds is 7. The van der Waals surface area contributed by atoms with Crippen molar-refractivity contribution in [3.8, 4) is 0 Å². The van der Waals surface area contributed by atoms with Crippen LogP contribution in [-0.2, 0) is 0 Å². The normalized spacial score (nSPS) is 11.8. The highest BCUT2D eigenvalue weighted by Gasteiger charge is 1.95. The van der Waals surface area contributed by atoms with Crippen LogP contribution in [0, 0.1) is 0 Å². The largest absolute Gasteiger partial charge is 0.0995 e. The second-order valence-electron chi connectivity index (χ2n) is 3.87. The van der Waals surface area contributed by atoms with Crippen molar-refractivity contribution >= 4 is 0 Å². The Bertz CT molecular complexity index is 163. The molecule has 76 valence electrons. The van der Waals surface area contributed by atoms with E-state index in [4.69, 9.17) is 0 Å². The number of hydrogen-bond acceptors (Lipinski definition) is 0. The van der Waals surface area contributed by atoms with Crippen LogP contribution in [-0.4, -0.2) is 0 Å². The van der Waals surface area contributed by atoms with E-state index in [0.29, 0.717) is 0 Å². The molecule has 0 unspecified atom stereocenters. The van der Waals surface area contributed by atoms with Gasteiger partial charge in [-0.15, -0.1) is 0 Å². The second-order valence-corrected chi connectivity index (χ2v) is 3.87. The summed E-state index contributed by atoms with van der Waals surface area (Å²) >= 11 is 0. The van der Waals surface area contributed by atoms with Gasteiger partial charge in [-0.1, -0.05) is 50.0 Å². The lowest BCUT2D eigenvalue weighted by atomic mass is 10.0. The van der Waals surface area contributed by atoms with Crippen LogP contribution in [0.2, 0.25) is 0 Å². The van der Waals surface area contributed by atoms with Crippen LogP contribution in [0.5, 0.6) is 0 Å². The van der Waals surface area contributed by atoms with Gasteiger partial charge in [0.15, 0.2) is 0 Å². The van der Waals surface area contributed by atoms with Gasteiger partial charge in [0.25, 0.3) is 0 Å². The molecule has 0 fully saturated rings. The van der Waals surface area contributed by atoms with Gasteiger partial charge in [-0.2, -0.15) is 0 Å². The minimum Gasteiger partial charge on any atom is -0.0995 e. The molecule has 0 aliphatic heterocycles. The molecule has 0 N–H and O–H groups in total. The average molecular weight is 180 g/mol. The summed E-state index contributed by atoms with van der Waals surface area (Å²) < 4.78 is 0. The van der Waals surface area contributed by atoms with E-state index in [1.807, 2.05) is 0 Å². The fraction of sp³-hybridized carbons (Fsp3) is 0.692. The lowest BCUT2D eigenvalue weighted by molar-refractivity contribution is 0.660. The van der Waals surface area contributed by atoms with E-state index in [-0.39, 0.29) is 0 Å². The lowest BCUT2D eigenvalue weighted by Gasteiger charge is -2.05. The predicted octanol–water partition coefficient (Wildman–Crippen LogP) is 4.87. The summed E-state index contributed by atoms with van der Waals surface area (Å²) in [5.41, 5.74) is 2.84. The Kier molecular flexibility index (Phi) is 7.77. The van der Waals surface area contributed by atoms with Gasteiger partial charge in [0.05, 0.1) is 0 Å². The van der Waals surface area contributed by atoms with Crippen LogP contribution in [0.3, 0.4) is 0 Å². The maximum absolute atomic E-state index is 4.10. The molecular formula is C13H24. The van der Waals surface area contributed by atoms with Crippen LogP contribution >= 0.6 is 0 Å². The molecule has 0 aromatic carbocycles. The molecule has 0 amide bonds. The summed E-state index contributed by atoms with van der Waals surface area (Å²) in [6.07, 6.45) is 9.87. The van der Waals surface area contributed by atoms with Gasteiger partial charge >= 0.3 is 0 Å². The topological polar surface area (TPSA) is 0 Å². The third-order valence-electron chi connectivity index (χ3n) is 2.41. The maximum atomic E-state index is 4.10. The van der Waals surface area contributed by atoms with Crippen molar-refractivity contribution in [3.63, 3.8) is 0 Å². The molecule has 0 aromatic heterocycles. The molecule has 13 heavy (non-hydrogen) atoms. The Hall–Kier alpha value is -0.520. The van der Waals surface area contributed by atoms with Gasteiger partial charge in [-0.05, 0) is 33.1 Å². The molecule has 0 heterocycles. The standard InChI is InChI=1S/C13H24/c1-5-7-8-9-10-13(4)11-12(3)6-2/h6H,4-5,7-11H2,1-3H3. The minimum atomic E-state index is 1.10. The predicted molar refractivity (Wildman–Crippen MR) is 61.9 cm³/mol. The van der Waals surface area contributed by atoms with Crippen LogP contribution in [0.1, 0.15) is 59.3 Å². The molecule has 0 atom stereocenters. The van der Waals surface area contributed by atoms with Crippen molar-refractivity contribution in [2.45, 2.75) is 59.3 Å². The van der Waals surface area contributed by atoms with Crippen molar-refractivity contribution in [2.75, 3.05) is 0 Å². The van der Waals surface area contributed by atoms with Gasteiger partial charge in [-0.3, -0.25) is 0 Å². The molecule has 0 nitrogen and oxygen atoms in total. The zero-order valence-electron chi connectivity index (χ0n) is 9.53. The Morgan fingerprint density at radius 1 is 1.23 bits per heavy atom. The third-order valence-corrected chi connectivity index (χ3v) is 2.41. The van der Waals surface area contributed by atoms with Crippen molar-refractivity contribution in [1.82, 2.24) is 0 Å². The van der Waals surface area contributed by atoms with Crippen molar-refractivity contribution < 1.29 is 0 Å². The van der Waals surface area contributed by atoms with Gasteiger partial charge < -0.3 is 0 Å². The minimum absolute atomic E-state index is 1.10. The first-order valence-corrected chi connectivity index (χ1v) is 5.49. The molecule has 0 spiro atoms. The molecule has 0 rings (SSSR count). The molecule has 0 aromatic rings. The monoisotopic (exact) mass is 180 g/mol. The highest BCUT2D eigenvalue weighted by Crippen LogP contribution is 2.15. The SMILES string of the molecule is C=C(CCCCCC)CC(C)=CC. The summed E-state index contributed by atoms with van der Waals surface area (Å²) in [6.45, 7) is 10.6. The fourth-order valence-electron chi connectivity index (χ4n) is 1.39. The summed E-state index contributed by atoms with van der Waals surface area (Å²) in [7, 11) is 0. The van der Waals surface area contributed by atoms with Crippen molar-refractivity contribution in [2.24, 2.45) is 0 Å². The Morgan fingerprint density at radius 3 is 2.46 bits per heavy atom. The Morgan fingerprint density at radius 2 is 1.92 bits per heavy atom. The van der Waals surface area contributed by atoms with Gasteiger partial charge in [0, 0.05) is 0 Å². The first-order chi connectivity index (χ1) is 6.20. The van der Waals surface area contributed by atoms with E-state index in [1.54, 1.807) is 0 Å². The summed E-state index contributed by atoms with van der Waals surface area (Å²) in [4.78, 5) is 0. The van der Waals surface area contributed by atoms with E-state index in [0.717, 1.165) is 6.42 Å². The number of hydrogen-bond donors (Lipinski definition) is 0. The van der Waals surface area contributed by atoms with Crippen LogP contribution in [0.4, 0.5) is 0 Å². The van der Waals surface area contributed by atoms with E-state index >= 15 is 0 Å². The molecule has 0 saturated heterocycles. The molecule has 0 aliphatic rings. The van der Waals surface area contributed by atoms with Gasteiger partial charge in [-0.25, -0.2) is 0 Å². The molecule has 0 saturated carbocycles. The first-order valence-electron chi connectivity index (χ1n) is 5.49. The van der Waals surface area contributed by atoms with Gasteiger partial charge in [0.2, 0.25) is 0 Å². The van der Waals surface area contributed by atoms with Crippen LogP contribution in [0.15, 0.2) is 23.8 Å². The average Bonchev–Trinajstić information content (AvgIpc) is 2.12. The highest BCUT2D eigenvalue weighted by molar-refractivity contribution is 5.09. The molecule has 0 radical (unpaired) electrons. The van der Waals surface area contributed by atoms with Crippen LogP contribution < -0.4 is 0 Å². The Balaban J connectivity index is 3.41. The fourth-order valence-corrected chi connectivity index (χ4v) is 1.39. The molecular weight excluding hydrogens is 156 g/mol. The van der Waals surface area contributed by atoms with E-state index in [9.17, 15) is 0 Å². The van der Waals surface area contributed by atoms with E-state index in [2.05, 4.69) is 33.4 Å². The summed E-state index contributed by atoms with van der Waals surface area (Å²) in [6, 6.07) is 0. The van der Waals surface area contributed by atoms with E-state index < -0.39 is 0 Å². The molecule has 0 aliphatic carbocycles. The molecule has 0 bridgehead atoms. The van der Waals surface area contributed by atoms with Crippen molar-refractivity contribution in [1.29, 1.82) is 0 Å². The third kappa shape index (κ3) is 7.83. The zero-order chi connectivity index (χ0) is 10.1. The zero-order valence-corrected chi connectivity index (χ0v) is 9.53. The van der Waals surface area contributed by atoms with Gasteiger partial charge in [0.1, 0.15) is 0 Å². The van der Waals surface area contributed by atoms with Crippen LogP contribution in [0.25, 0.3) is 0 Å². The summed E-state index contributed by atoms with van der Waals surface area (Å²) in [5, 5.41) is 0. The van der Waals surface area contributed by atoms with E-state index in [1.165, 1.54) is 43.3 Å². The summed E-state index contributed by atoms with van der Waals surface area (Å²) in [5.74, 6) is 0. The Labute approximate surface area is 83.7 Å². The highest BCUT2D eigenvalue weighted by atomic mass is 14.0. The molecule has 0 heteroatoms. The van der Waals surface area contributed by atoms with Crippen molar-refractivity contribution in [3.05, 3.63) is 23.8 Å². The quantitative estimate of drug-likeness (QED) is 0.387. The smallest absolute Gasteiger partial charge is 0.0114 e.